The minimum absolute atomic E-state index is 0.114. The van der Waals surface area contributed by atoms with Gasteiger partial charge in [-0.3, -0.25) is 9.59 Å². The van der Waals surface area contributed by atoms with Crippen LogP contribution in [0.4, 0.5) is 0 Å². The molecular formula is C14H17N3O2. The first-order chi connectivity index (χ1) is 8.93. The Hall–Kier alpha value is -2.32. The van der Waals surface area contributed by atoms with Crippen LogP contribution in [0, 0.1) is 18.8 Å². The Bertz CT molecular complexity index is 556. The zero-order valence-corrected chi connectivity index (χ0v) is 11.1. The quantitative estimate of drug-likeness (QED) is 0.740. The van der Waals surface area contributed by atoms with Crippen LogP contribution in [0.3, 0.4) is 0 Å². The van der Waals surface area contributed by atoms with Gasteiger partial charge in [-0.05, 0) is 30.7 Å². The number of aryl methyl sites for hydroxylation is 1. The van der Waals surface area contributed by atoms with Crippen LogP contribution in [0.25, 0.3) is 0 Å². The van der Waals surface area contributed by atoms with E-state index in [1.54, 1.807) is 12.1 Å². The molecule has 0 aliphatic rings. The maximum absolute atomic E-state index is 12.1. The van der Waals surface area contributed by atoms with Crippen molar-refractivity contribution in [3.05, 3.63) is 34.9 Å². The Labute approximate surface area is 112 Å². The highest BCUT2D eigenvalue weighted by Crippen LogP contribution is 2.11. The van der Waals surface area contributed by atoms with E-state index in [1.165, 1.54) is 11.9 Å². The van der Waals surface area contributed by atoms with Gasteiger partial charge in [0.1, 0.15) is 0 Å². The van der Waals surface area contributed by atoms with Crippen molar-refractivity contribution >= 4 is 11.8 Å². The third-order valence-electron chi connectivity index (χ3n) is 2.40. The molecule has 0 bridgehead atoms. The average molecular weight is 259 g/mol. The summed E-state index contributed by atoms with van der Waals surface area (Å²) in [5.74, 6) is 4.81. The van der Waals surface area contributed by atoms with E-state index in [0.717, 1.165) is 11.1 Å². The minimum atomic E-state index is -0.549. The molecule has 4 N–H and O–H groups in total. The maximum atomic E-state index is 12.1. The van der Waals surface area contributed by atoms with Crippen LogP contribution in [0.2, 0.25) is 0 Å². The highest BCUT2D eigenvalue weighted by molar-refractivity contribution is 5.96. The molecule has 0 radical (unpaired) electrons. The second-order valence-corrected chi connectivity index (χ2v) is 4.22. The van der Waals surface area contributed by atoms with E-state index in [4.69, 9.17) is 11.5 Å². The molecule has 1 aromatic rings. The first-order valence-electron chi connectivity index (χ1n) is 5.78. The summed E-state index contributed by atoms with van der Waals surface area (Å²) < 4.78 is 0. The van der Waals surface area contributed by atoms with Gasteiger partial charge < -0.3 is 16.4 Å². The van der Waals surface area contributed by atoms with Gasteiger partial charge in [0.05, 0.1) is 13.1 Å². The maximum Gasteiger partial charge on any atom is 0.254 e. The molecule has 100 valence electrons. The van der Waals surface area contributed by atoms with Gasteiger partial charge in [0, 0.05) is 18.2 Å². The van der Waals surface area contributed by atoms with Crippen LogP contribution in [-0.4, -0.2) is 36.9 Å². The number of primary amides is 1. The summed E-state index contributed by atoms with van der Waals surface area (Å²) >= 11 is 0. The fourth-order valence-electron chi connectivity index (χ4n) is 1.66. The molecule has 0 atom stereocenters. The van der Waals surface area contributed by atoms with Gasteiger partial charge in [0.15, 0.2) is 0 Å². The Balaban J connectivity index is 3.03. The molecule has 0 aliphatic heterocycles. The van der Waals surface area contributed by atoms with Gasteiger partial charge >= 0.3 is 0 Å². The number of nitrogens with two attached hydrogens (primary N) is 2. The van der Waals surface area contributed by atoms with Crippen molar-refractivity contribution in [2.45, 2.75) is 6.92 Å². The molecule has 19 heavy (non-hydrogen) atoms. The molecule has 0 unspecified atom stereocenters. The number of carbonyl (C=O) groups is 2. The van der Waals surface area contributed by atoms with E-state index in [2.05, 4.69) is 11.8 Å². The second-order valence-electron chi connectivity index (χ2n) is 4.22. The van der Waals surface area contributed by atoms with Crippen molar-refractivity contribution in [2.24, 2.45) is 11.5 Å². The van der Waals surface area contributed by atoms with Gasteiger partial charge in [-0.25, -0.2) is 0 Å². The predicted molar refractivity (Wildman–Crippen MR) is 73.3 cm³/mol. The van der Waals surface area contributed by atoms with Crippen LogP contribution in [0.1, 0.15) is 21.5 Å². The first kappa shape index (κ1) is 14.7. The van der Waals surface area contributed by atoms with Crippen molar-refractivity contribution in [2.75, 3.05) is 20.1 Å². The van der Waals surface area contributed by atoms with E-state index < -0.39 is 5.91 Å². The molecule has 2 amide bonds. The Morgan fingerprint density at radius 3 is 2.58 bits per heavy atom. The Kier molecular flexibility index (Phi) is 5.10. The lowest BCUT2D eigenvalue weighted by Crippen LogP contribution is -2.35. The van der Waals surface area contributed by atoms with Crippen LogP contribution >= 0.6 is 0 Å². The molecule has 0 aromatic heterocycles. The number of hydrogen-bond donors (Lipinski definition) is 2. The standard InChI is InChI=1S/C14H17N3O2/c1-10-6-11(4-3-5-15)8-12(7-10)14(19)17(2)9-13(16)18/h6-8H,5,9,15H2,1-2H3,(H2,16,18). The molecule has 0 spiro atoms. The summed E-state index contributed by atoms with van der Waals surface area (Å²) in [4.78, 5) is 24.2. The summed E-state index contributed by atoms with van der Waals surface area (Å²) in [5.41, 5.74) is 12.5. The third kappa shape index (κ3) is 4.45. The number of nitrogens with zero attached hydrogens (tertiary/aromatic N) is 1. The Morgan fingerprint density at radius 1 is 1.32 bits per heavy atom. The molecule has 0 heterocycles. The number of hydrogen-bond acceptors (Lipinski definition) is 3. The number of benzene rings is 1. The number of likely N-dealkylation sites (N-methyl/N-ethyl adjacent to an activating group) is 1. The highest BCUT2D eigenvalue weighted by Gasteiger charge is 2.14. The zero-order valence-electron chi connectivity index (χ0n) is 11.1. The SMILES string of the molecule is Cc1cc(C#CCN)cc(C(=O)N(C)CC(N)=O)c1. The number of carbonyl (C=O) groups excluding carboxylic acids is 2. The van der Waals surface area contributed by atoms with Crippen LogP contribution in [0.5, 0.6) is 0 Å². The van der Waals surface area contributed by atoms with E-state index in [1.807, 2.05) is 13.0 Å². The van der Waals surface area contributed by atoms with E-state index in [-0.39, 0.29) is 19.0 Å². The van der Waals surface area contributed by atoms with Crippen LogP contribution < -0.4 is 11.5 Å². The smallest absolute Gasteiger partial charge is 0.254 e. The van der Waals surface area contributed by atoms with Gasteiger partial charge in [-0.1, -0.05) is 11.8 Å². The van der Waals surface area contributed by atoms with Crippen molar-refractivity contribution in [3.8, 4) is 11.8 Å². The fourth-order valence-corrected chi connectivity index (χ4v) is 1.66. The zero-order chi connectivity index (χ0) is 14.4. The van der Waals surface area contributed by atoms with Crippen LogP contribution in [0.15, 0.2) is 18.2 Å². The van der Waals surface area contributed by atoms with Crippen molar-refractivity contribution in [3.63, 3.8) is 0 Å². The Morgan fingerprint density at radius 2 is 2.00 bits per heavy atom. The lowest BCUT2D eigenvalue weighted by Gasteiger charge is -2.15. The molecule has 0 saturated carbocycles. The number of rotatable bonds is 3. The topological polar surface area (TPSA) is 89.4 Å². The van der Waals surface area contributed by atoms with E-state index in [0.29, 0.717) is 5.56 Å². The van der Waals surface area contributed by atoms with Crippen LogP contribution in [-0.2, 0) is 4.79 Å². The van der Waals surface area contributed by atoms with E-state index in [9.17, 15) is 9.59 Å². The van der Waals surface area contributed by atoms with Crippen molar-refractivity contribution < 1.29 is 9.59 Å². The molecule has 5 heteroatoms. The van der Waals surface area contributed by atoms with Crippen molar-refractivity contribution in [1.29, 1.82) is 0 Å². The highest BCUT2D eigenvalue weighted by atomic mass is 16.2. The largest absolute Gasteiger partial charge is 0.368 e. The summed E-state index contributed by atoms with van der Waals surface area (Å²) in [7, 11) is 1.53. The van der Waals surface area contributed by atoms with Gasteiger partial charge in [-0.15, -0.1) is 0 Å². The van der Waals surface area contributed by atoms with Crippen molar-refractivity contribution in [1.82, 2.24) is 4.90 Å². The lowest BCUT2D eigenvalue weighted by atomic mass is 10.1. The molecule has 5 nitrogen and oxygen atoms in total. The molecule has 1 aromatic carbocycles. The monoisotopic (exact) mass is 259 g/mol. The summed E-state index contributed by atoms with van der Waals surface area (Å²) in [6.07, 6.45) is 0. The minimum Gasteiger partial charge on any atom is -0.368 e. The molecular weight excluding hydrogens is 242 g/mol. The van der Waals surface area contributed by atoms with Gasteiger partial charge in [0.2, 0.25) is 5.91 Å². The average Bonchev–Trinajstić information content (AvgIpc) is 2.33. The second kappa shape index (κ2) is 6.57. The lowest BCUT2D eigenvalue weighted by molar-refractivity contribution is -0.118. The van der Waals surface area contributed by atoms with Gasteiger partial charge in [0.25, 0.3) is 5.91 Å². The van der Waals surface area contributed by atoms with Gasteiger partial charge in [-0.2, -0.15) is 0 Å². The molecule has 0 saturated heterocycles. The summed E-state index contributed by atoms with van der Waals surface area (Å²) in [5, 5.41) is 0. The number of amides is 2. The molecule has 1 rings (SSSR count). The summed E-state index contributed by atoms with van der Waals surface area (Å²) in [6, 6.07) is 5.29. The van der Waals surface area contributed by atoms with E-state index >= 15 is 0 Å². The molecule has 0 aliphatic carbocycles. The summed E-state index contributed by atoms with van der Waals surface area (Å²) in [6.45, 7) is 2.02. The normalized spacial score (nSPS) is 9.42. The predicted octanol–water partition coefficient (Wildman–Crippen LogP) is -0.137. The first-order valence-corrected chi connectivity index (χ1v) is 5.78. The third-order valence-corrected chi connectivity index (χ3v) is 2.40. The molecule has 0 fully saturated rings. The fraction of sp³-hybridized carbons (Fsp3) is 0.286.